The molecular formula is C24H33BrN6O2. The number of benzene rings is 1. The summed E-state index contributed by atoms with van der Waals surface area (Å²) in [5.41, 5.74) is 2.19. The minimum absolute atomic E-state index is 0.0532. The van der Waals surface area contributed by atoms with Gasteiger partial charge in [-0.05, 0) is 60.3 Å². The van der Waals surface area contributed by atoms with Crippen LogP contribution in [0.3, 0.4) is 0 Å². The van der Waals surface area contributed by atoms with E-state index in [9.17, 15) is 4.79 Å². The van der Waals surface area contributed by atoms with Gasteiger partial charge in [0.2, 0.25) is 11.9 Å². The number of aromatic nitrogens is 2. The third kappa shape index (κ3) is 6.65. The molecule has 0 radical (unpaired) electrons. The van der Waals surface area contributed by atoms with E-state index in [1.165, 1.54) is 5.56 Å². The zero-order valence-electron chi connectivity index (χ0n) is 19.3. The first-order valence-electron chi connectivity index (χ1n) is 11.7. The zero-order valence-corrected chi connectivity index (χ0v) is 20.9. The quantitative estimate of drug-likeness (QED) is 0.489. The Hall–Kier alpha value is -2.23. The van der Waals surface area contributed by atoms with E-state index in [1.54, 1.807) is 6.20 Å². The smallest absolute Gasteiger partial charge is 0.229 e. The topological polar surface area (TPSA) is 91.4 Å². The Balaban J connectivity index is 1.42. The summed E-state index contributed by atoms with van der Waals surface area (Å²) in [5, 5.41) is 9.86. The summed E-state index contributed by atoms with van der Waals surface area (Å²) in [6.07, 6.45) is 4.60. The summed E-state index contributed by atoms with van der Waals surface area (Å²) in [5.74, 6) is 1.28. The first-order valence-corrected chi connectivity index (χ1v) is 12.5. The summed E-state index contributed by atoms with van der Waals surface area (Å²) in [6.45, 7) is 8.38. The number of nitrogens with one attached hydrogen (secondary N) is 3. The average Bonchev–Trinajstić information content (AvgIpc) is 3.25. The van der Waals surface area contributed by atoms with Crippen molar-refractivity contribution >= 4 is 39.3 Å². The lowest BCUT2D eigenvalue weighted by molar-refractivity contribution is -0.125. The Kier molecular flexibility index (Phi) is 8.16. The van der Waals surface area contributed by atoms with Crippen LogP contribution in [0.25, 0.3) is 0 Å². The van der Waals surface area contributed by atoms with E-state index in [0.29, 0.717) is 11.8 Å². The molecule has 4 rings (SSSR count). The van der Waals surface area contributed by atoms with Gasteiger partial charge in [-0.25, -0.2) is 4.98 Å². The first kappa shape index (κ1) is 23.9. The van der Waals surface area contributed by atoms with Gasteiger partial charge in [0, 0.05) is 43.6 Å². The maximum absolute atomic E-state index is 12.6. The van der Waals surface area contributed by atoms with Gasteiger partial charge in [0.1, 0.15) is 5.82 Å². The molecule has 2 atom stereocenters. The summed E-state index contributed by atoms with van der Waals surface area (Å²) < 4.78 is 6.22. The van der Waals surface area contributed by atoms with E-state index in [2.05, 4.69) is 53.9 Å². The molecule has 2 fully saturated rings. The number of halogens is 1. The molecule has 1 aromatic carbocycles. The van der Waals surface area contributed by atoms with Gasteiger partial charge < -0.3 is 20.7 Å². The van der Waals surface area contributed by atoms with Crippen molar-refractivity contribution in [2.24, 2.45) is 5.92 Å². The van der Waals surface area contributed by atoms with Crippen molar-refractivity contribution in [1.82, 2.24) is 20.2 Å². The second-order valence-electron chi connectivity index (χ2n) is 9.06. The lowest BCUT2D eigenvalue weighted by atomic mass is 10.0. The molecular weight excluding hydrogens is 484 g/mol. The summed E-state index contributed by atoms with van der Waals surface area (Å²) in [4.78, 5) is 24.1. The second-order valence-corrected chi connectivity index (χ2v) is 9.91. The Morgan fingerprint density at radius 3 is 2.88 bits per heavy atom. The molecule has 1 aliphatic carbocycles. The van der Waals surface area contributed by atoms with Gasteiger partial charge in [0.25, 0.3) is 0 Å². The Labute approximate surface area is 204 Å². The average molecular weight is 517 g/mol. The van der Waals surface area contributed by atoms with Crippen LogP contribution < -0.4 is 16.0 Å². The van der Waals surface area contributed by atoms with Crippen LogP contribution in [0, 0.1) is 5.92 Å². The second kappa shape index (κ2) is 11.3. The molecule has 1 aliphatic heterocycles. The van der Waals surface area contributed by atoms with Gasteiger partial charge in [-0.15, -0.1) is 0 Å². The van der Waals surface area contributed by atoms with Gasteiger partial charge >= 0.3 is 0 Å². The molecule has 9 heteroatoms. The van der Waals surface area contributed by atoms with Gasteiger partial charge in [-0.3, -0.25) is 9.69 Å². The summed E-state index contributed by atoms with van der Waals surface area (Å²) >= 11 is 3.56. The number of carbonyl (C=O) groups is 1. The van der Waals surface area contributed by atoms with Crippen LogP contribution in [0.2, 0.25) is 0 Å². The Morgan fingerprint density at radius 1 is 1.27 bits per heavy atom. The van der Waals surface area contributed by atoms with Gasteiger partial charge in [0.15, 0.2) is 0 Å². The fourth-order valence-electron chi connectivity index (χ4n) is 4.44. The highest BCUT2D eigenvalue weighted by molar-refractivity contribution is 9.10. The van der Waals surface area contributed by atoms with Crippen molar-refractivity contribution in [3.05, 3.63) is 40.5 Å². The van der Waals surface area contributed by atoms with Gasteiger partial charge in [0.05, 0.1) is 23.6 Å². The number of rotatable bonds is 8. The monoisotopic (exact) mass is 516 g/mol. The zero-order chi connectivity index (χ0) is 23.2. The third-order valence-corrected chi connectivity index (χ3v) is 6.62. The van der Waals surface area contributed by atoms with Crippen molar-refractivity contribution < 1.29 is 9.53 Å². The molecule has 8 nitrogen and oxygen atoms in total. The molecule has 1 aromatic heterocycles. The fraction of sp³-hybridized carbons (Fsp3) is 0.542. The van der Waals surface area contributed by atoms with E-state index in [0.717, 1.165) is 62.3 Å². The van der Waals surface area contributed by atoms with Gasteiger partial charge in [-0.1, -0.05) is 18.6 Å². The van der Waals surface area contributed by atoms with Crippen LogP contribution in [-0.4, -0.2) is 59.2 Å². The number of hydrogen-bond acceptors (Lipinski definition) is 7. The standard InChI is InChI=1S/C24H33BrN6O2/c1-16(2)27-23(32)19-7-4-8-21(19)29-22-20(25)14-26-24(30-22)28-18-6-3-5-17(13-18)15-31-9-11-33-12-10-31/h3,5-6,13-14,16,19,21H,4,7-12,15H2,1-2H3,(H,27,32)(H2,26,28,29,30)/t19-,21-/m0/s1. The maximum atomic E-state index is 12.6. The highest BCUT2D eigenvalue weighted by Gasteiger charge is 2.33. The van der Waals surface area contributed by atoms with E-state index in [-0.39, 0.29) is 23.9 Å². The Bertz CT molecular complexity index is 950. The van der Waals surface area contributed by atoms with Crippen molar-refractivity contribution in [3.63, 3.8) is 0 Å². The van der Waals surface area contributed by atoms with E-state index < -0.39 is 0 Å². The molecule has 2 aromatic rings. The number of carbonyl (C=O) groups excluding carboxylic acids is 1. The highest BCUT2D eigenvalue weighted by Crippen LogP contribution is 2.31. The molecule has 0 unspecified atom stereocenters. The van der Waals surface area contributed by atoms with Crippen molar-refractivity contribution in [1.29, 1.82) is 0 Å². The predicted molar refractivity (Wildman–Crippen MR) is 134 cm³/mol. The highest BCUT2D eigenvalue weighted by atomic mass is 79.9. The molecule has 2 heterocycles. The molecule has 0 bridgehead atoms. The minimum atomic E-state index is -0.0532. The maximum Gasteiger partial charge on any atom is 0.229 e. The number of nitrogens with zero attached hydrogens (tertiary/aromatic N) is 3. The predicted octanol–water partition coefficient (Wildman–Crippen LogP) is 3.92. The van der Waals surface area contributed by atoms with Crippen LogP contribution in [0.15, 0.2) is 34.9 Å². The number of anilines is 3. The molecule has 178 valence electrons. The molecule has 33 heavy (non-hydrogen) atoms. The van der Waals surface area contributed by atoms with Crippen molar-refractivity contribution in [3.8, 4) is 0 Å². The molecule has 2 aliphatic rings. The van der Waals surface area contributed by atoms with Crippen LogP contribution in [0.5, 0.6) is 0 Å². The van der Waals surface area contributed by atoms with Crippen LogP contribution in [0.1, 0.15) is 38.7 Å². The van der Waals surface area contributed by atoms with Crippen LogP contribution in [0.4, 0.5) is 17.5 Å². The number of ether oxygens (including phenoxy) is 1. The normalized spacial score (nSPS) is 21.2. The number of hydrogen-bond donors (Lipinski definition) is 3. The number of amides is 1. The van der Waals surface area contributed by atoms with Gasteiger partial charge in [-0.2, -0.15) is 4.98 Å². The number of morpholine rings is 1. The molecule has 3 N–H and O–H groups in total. The Morgan fingerprint density at radius 2 is 2.09 bits per heavy atom. The van der Waals surface area contributed by atoms with Crippen LogP contribution >= 0.6 is 15.9 Å². The largest absolute Gasteiger partial charge is 0.379 e. The summed E-state index contributed by atoms with van der Waals surface area (Å²) in [7, 11) is 0. The molecule has 1 saturated carbocycles. The lowest BCUT2D eigenvalue weighted by Crippen LogP contribution is -2.41. The van der Waals surface area contributed by atoms with Crippen molar-refractivity contribution in [2.45, 2.75) is 51.7 Å². The SMILES string of the molecule is CC(C)NC(=O)[C@H]1CCC[C@@H]1Nc1nc(Nc2cccc(CN3CCOCC3)c2)ncc1Br. The molecule has 1 amide bonds. The summed E-state index contributed by atoms with van der Waals surface area (Å²) in [6, 6.07) is 8.53. The molecule has 1 saturated heterocycles. The lowest BCUT2D eigenvalue weighted by Gasteiger charge is -2.26. The van der Waals surface area contributed by atoms with E-state index in [1.807, 2.05) is 26.0 Å². The fourth-order valence-corrected chi connectivity index (χ4v) is 4.74. The minimum Gasteiger partial charge on any atom is -0.379 e. The van der Waals surface area contributed by atoms with Crippen molar-refractivity contribution in [2.75, 3.05) is 36.9 Å². The van der Waals surface area contributed by atoms with E-state index in [4.69, 9.17) is 9.72 Å². The van der Waals surface area contributed by atoms with E-state index >= 15 is 0 Å². The van der Waals surface area contributed by atoms with Crippen LogP contribution in [-0.2, 0) is 16.1 Å². The first-order chi connectivity index (χ1) is 16.0. The third-order valence-electron chi connectivity index (χ3n) is 6.04. The molecule has 0 spiro atoms.